The van der Waals surface area contributed by atoms with Gasteiger partial charge in [-0.2, -0.15) is 4.72 Å². The Morgan fingerprint density at radius 3 is 2.16 bits per heavy atom. The van der Waals surface area contributed by atoms with Crippen LogP contribution < -0.4 is 4.72 Å². The molecule has 6 heteroatoms. The monoisotopic (exact) mass is 285 g/mol. The molecule has 106 valence electrons. The first-order valence-electron chi connectivity index (χ1n) is 6.06. The van der Waals surface area contributed by atoms with Crippen LogP contribution in [0, 0.1) is 5.92 Å². The van der Waals surface area contributed by atoms with Crippen molar-refractivity contribution in [2.75, 3.05) is 0 Å². The van der Waals surface area contributed by atoms with E-state index in [0.717, 1.165) is 12.0 Å². The van der Waals surface area contributed by atoms with Crippen LogP contribution in [-0.2, 0) is 21.2 Å². The quantitative estimate of drug-likeness (QED) is 0.832. The molecule has 0 saturated heterocycles. The third kappa shape index (κ3) is 4.65. The smallest absolute Gasteiger partial charge is 0.321 e. The van der Waals surface area contributed by atoms with Crippen molar-refractivity contribution in [1.82, 2.24) is 4.72 Å². The van der Waals surface area contributed by atoms with Crippen LogP contribution in [0.3, 0.4) is 0 Å². The third-order valence-corrected chi connectivity index (χ3v) is 4.14. The molecule has 0 aromatic heterocycles. The second kappa shape index (κ2) is 6.16. The second-order valence-electron chi connectivity index (χ2n) is 4.92. The number of rotatable bonds is 6. The van der Waals surface area contributed by atoms with E-state index in [9.17, 15) is 13.2 Å². The summed E-state index contributed by atoms with van der Waals surface area (Å²) in [5.41, 5.74) is 1.06. The Morgan fingerprint density at radius 1 is 1.21 bits per heavy atom. The van der Waals surface area contributed by atoms with E-state index in [0.29, 0.717) is 5.92 Å². The van der Waals surface area contributed by atoms with Crippen molar-refractivity contribution >= 4 is 16.0 Å². The molecule has 0 spiro atoms. The van der Waals surface area contributed by atoms with Crippen LogP contribution in [0.2, 0.25) is 0 Å². The molecule has 1 atom stereocenters. The minimum absolute atomic E-state index is 0.0770. The Balaban J connectivity index is 2.88. The first-order valence-corrected chi connectivity index (χ1v) is 7.55. The van der Waals surface area contributed by atoms with E-state index < -0.39 is 22.0 Å². The highest BCUT2D eigenvalue weighted by Gasteiger charge is 2.21. The lowest BCUT2D eigenvalue weighted by molar-refractivity contribution is -0.138. The number of carboxylic acid groups (broad SMARTS) is 1. The molecule has 1 aromatic rings. The summed E-state index contributed by atoms with van der Waals surface area (Å²) in [6, 6.07) is 5.34. The van der Waals surface area contributed by atoms with E-state index in [1.165, 1.54) is 19.1 Å². The number of aliphatic carboxylic acids is 1. The fraction of sp³-hybridized carbons (Fsp3) is 0.462. The zero-order chi connectivity index (χ0) is 14.6. The molecule has 0 aliphatic rings. The summed E-state index contributed by atoms with van der Waals surface area (Å²) in [6.07, 6.45) is 0.874. The van der Waals surface area contributed by atoms with Gasteiger partial charge >= 0.3 is 5.97 Å². The molecule has 0 amide bonds. The van der Waals surface area contributed by atoms with Crippen molar-refractivity contribution in [3.05, 3.63) is 29.8 Å². The van der Waals surface area contributed by atoms with Gasteiger partial charge in [0.1, 0.15) is 6.04 Å². The van der Waals surface area contributed by atoms with Gasteiger partial charge in [-0.1, -0.05) is 26.0 Å². The molecule has 0 aliphatic carbocycles. The van der Waals surface area contributed by atoms with Gasteiger partial charge < -0.3 is 5.11 Å². The molecule has 19 heavy (non-hydrogen) atoms. The van der Waals surface area contributed by atoms with Gasteiger partial charge in [-0.3, -0.25) is 4.79 Å². The normalized spacial score (nSPS) is 13.5. The lowest BCUT2D eigenvalue weighted by Crippen LogP contribution is -2.38. The van der Waals surface area contributed by atoms with E-state index in [-0.39, 0.29) is 4.90 Å². The number of carboxylic acids is 1. The minimum atomic E-state index is -3.78. The van der Waals surface area contributed by atoms with E-state index in [2.05, 4.69) is 18.6 Å². The largest absolute Gasteiger partial charge is 0.480 e. The summed E-state index contributed by atoms with van der Waals surface area (Å²) >= 11 is 0. The Morgan fingerprint density at radius 2 is 1.74 bits per heavy atom. The van der Waals surface area contributed by atoms with Gasteiger partial charge in [0.05, 0.1) is 4.90 Å². The maximum Gasteiger partial charge on any atom is 0.321 e. The van der Waals surface area contributed by atoms with Gasteiger partial charge in [-0.25, -0.2) is 8.42 Å². The zero-order valence-electron chi connectivity index (χ0n) is 11.3. The maximum absolute atomic E-state index is 11.9. The van der Waals surface area contributed by atoms with Gasteiger partial charge in [-0.15, -0.1) is 0 Å². The van der Waals surface area contributed by atoms with Crippen LogP contribution in [0.4, 0.5) is 0 Å². The summed E-state index contributed by atoms with van der Waals surface area (Å²) in [5.74, 6) is -0.715. The second-order valence-corrected chi connectivity index (χ2v) is 6.64. The van der Waals surface area contributed by atoms with Crippen LogP contribution in [0.5, 0.6) is 0 Å². The van der Waals surface area contributed by atoms with Gasteiger partial charge in [0, 0.05) is 0 Å². The van der Waals surface area contributed by atoms with Crippen molar-refractivity contribution in [1.29, 1.82) is 0 Å². The van der Waals surface area contributed by atoms with E-state index >= 15 is 0 Å². The lowest BCUT2D eigenvalue weighted by atomic mass is 10.0. The van der Waals surface area contributed by atoms with Gasteiger partial charge in [-0.05, 0) is 37.0 Å². The number of carbonyl (C=O) groups is 1. The first-order chi connectivity index (χ1) is 8.72. The van der Waals surface area contributed by atoms with Gasteiger partial charge in [0.15, 0.2) is 0 Å². The summed E-state index contributed by atoms with van der Waals surface area (Å²) < 4.78 is 25.9. The number of hydrogen-bond donors (Lipinski definition) is 2. The predicted octanol–water partition coefficient (Wildman–Crippen LogP) is 1.64. The third-order valence-electron chi connectivity index (χ3n) is 2.58. The Labute approximate surface area is 113 Å². The molecular formula is C13H19NO4S. The molecule has 1 aromatic carbocycles. The minimum Gasteiger partial charge on any atom is -0.480 e. The number of nitrogens with one attached hydrogen (secondary N) is 1. The van der Waals surface area contributed by atoms with E-state index in [1.807, 2.05) is 0 Å². The van der Waals surface area contributed by atoms with E-state index in [4.69, 9.17) is 5.11 Å². The van der Waals surface area contributed by atoms with Crippen molar-refractivity contribution < 1.29 is 18.3 Å². The Bertz CT molecular complexity index is 534. The molecule has 0 bridgehead atoms. The summed E-state index contributed by atoms with van der Waals surface area (Å²) in [6.45, 7) is 5.45. The maximum atomic E-state index is 11.9. The Hall–Kier alpha value is -1.40. The van der Waals surface area contributed by atoms with E-state index in [1.54, 1.807) is 12.1 Å². The predicted molar refractivity (Wildman–Crippen MR) is 72.4 cm³/mol. The molecule has 0 radical (unpaired) electrons. The average Bonchev–Trinajstić information content (AvgIpc) is 2.28. The fourth-order valence-electron chi connectivity index (χ4n) is 1.63. The molecule has 0 fully saturated rings. The molecule has 0 unspecified atom stereocenters. The van der Waals surface area contributed by atoms with Crippen molar-refractivity contribution in [2.24, 2.45) is 5.92 Å². The van der Waals surface area contributed by atoms with Crippen molar-refractivity contribution in [3.63, 3.8) is 0 Å². The molecule has 1 rings (SSSR count). The van der Waals surface area contributed by atoms with Crippen LogP contribution in [0.1, 0.15) is 26.3 Å². The number of hydrogen-bond acceptors (Lipinski definition) is 3. The molecule has 0 aliphatic heterocycles. The Kier molecular flexibility index (Phi) is 5.08. The van der Waals surface area contributed by atoms with Gasteiger partial charge in [0.25, 0.3) is 0 Å². The molecule has 0 saturated carbocycles. The highest BCUT2D eigenvalue weighted by molar-refractivity contribution is 7.89. The molecule has 0 heterocycles. The molecular weight excluding hydrogens is 266 g/mol. The number of sulfonamides is 1. The number of benzene rings is 1. The lowest BCUT2D eigenvalue weighted by Gasteiger charge is -2.11. The van der Waals surface area contributed by atoms with Crippen LogP contribution in [0.25, 0.3) is 0 Å². The summed E-state index contributed by atoms with van der Waals surface area (Å²) in [7, 11) is -3.78. The topological polar surface area (TPSA) is 83.5 Å². The average molecular weight is 285 g/mol. The zero-order valence-corrected chi connectivity index (χ0v) is 12.1. The standard InChI is InChI=1S/C13H19NO4S/c1-9(2)8-11-4-6-12(7-5-11)19(17,18)14-10(3)13(15)16/h4-7,9-10,14H,8H2,1-3H3,(H,15,16)/t10-/m0/s1. The first kappa shape index (κ1) is 15.7. The van der Waals surface area contributed by atoms with Crippen LogP contribution in [-0.4, -0.2) is 25.5 Å². The summed E-state index contributed by atoms with van der Waals surface area (Å²) in [5, 5.41) is 8.71. The SMILES string of the molecule is CC(C)Cc1ccc(S(=O)(=O)N[C@@H](C)C(=O)O)cc1. The van der Waals surface area contributed by atoms with Crippen LogP contribution in [0.15, 0.2) is 29.2 Å². The van der Waals surface area contributed by atoms with Crippen LogP contribution >= 0.6 is 0 Å². The van der Waals surface area contributed by atoms with Crippen molar-refractivity contribution in [3.8, 4) is 0 Å². The highest BCUT2D eigenvalue weighted by atomic mass is 32.2. The molecule has 2 N–H and O–H groups in total. The summed E-state index contributed by atoms with van der Waals surface area (Å²) in [4.78, 5) is 10.7. The fourth-order valence-corrected chi connectivity index (χ4v) is 2.82. The van der Waals surface area contributed by atoms with Crippen molar-refractivity contribution in [2.45, 2.75) is 38.1 Å². The molecule has 5 nitrogen and oxygen atoms in total. The van der Waals surface area contributed by atoms with Gasteiger partial charge in [0.2, 0.25) is 10.0 Å². The highest BCUT2D eigenvalue weighted by Crippen LogP contribution is 2.13.